The number of carbonyl (C=O) groups is 2. The Morgan fingerprint density at radius 3 is 0.615 bits per heavy atom. The van der Waals surface area contributed by atoms with E-state index in [2.05, 4.69) is 51.3 Å². The topological polar surface area (TPSA) is 86.7 Å². The van der Waals surface area contributed by atoms with E-state index in [0.29, 0.717) is 12.1 Å². The second kappa shape index (κ2) is 58.4. The van der Waals surface area contributed by atoms with E-state index >= 15 is 0 Å². The summed E-state index contributed by atoms with van der Waals surface area (Å²) < 4.78 is 0. The molecule has 0 heterocycles. The van der Waals surface area contributed by atoms with Crippen molar-refractivity contribution in [2.75, 3.05) is 26.2 Å². The van der Waals surface area contributed by atoms with Gasteiger partial charge in [0.05, 0.1) is 0 Å². The maximum atomic E-state index is 10.9. The molecule has 0 aromatic rings. The molecule has 384 valence electrons. The monoisotopic (exact) mass is 945 g/mol. The summed E-state index contributed by atoms with van der Waals surface area (Å²) in [5, 5.41) is 21.8. The Kier molecular flexibility index (Phi) is 62.4. The fraction of sp³-hybridized carbons (Fsp3) is 0.966. The fourth-order valence-corrected chi connectivity index (χ4v) is 9.33. The first-order valence-electron chi connectivity index (χ1n) is 29.1. The molecule has 0 aliphatic rings. The Morgan fingerprint density at radius 1 is 0.308 bits per heavy atom. The minimum atomic E-state index is -0.908. The molecule has 0 fully saturated rings. The Balaban J connectivity index is -0.00000116. The van der Waals surface area contributed by atoms with Crippen LogP contribution < -0.4 is 10.2 Å². The minimum Gasteiger partial charge on any atom is -0.550 e. The van der Waals surface area contributed by atoms with Crippen LogP contribution in [0.3, 0.4) is 0 Å². The van der Waals surface area contributed by atoms with E-state index in [1.54, 1.807) is 0 Å². The van der Waals surface area contributed by atoms with Crippen LogP contribution in [0.15, 0.2) is 0 Å². The summed E-state index contributed by atoms with van der Waals surface area (Å²) in [6.45, 7) is 18.0. The summed E-state index contributed by atoms with van der Waals surface area (Å²) in [5.74, 6) is -1.82. The third-order valence-corrected chi connectivity index (χ3v) is 14.0. The van der Waals surface area contributed by atoms with E-state index in [0.717, 1.165) is 39.0 Å². The Hall–Kier alpha value is 0.120. The summed E-state index contributed by atoms with van der Waals surface area (Å²) in [5.41, 5.74) is 0. The first-order chi connectivity index (χ1) is 31.2. The van der Waals surface area contributed by atoms with Crippen molar-refractivity contribution in [3.05, 3.63) is 0 Å². The molecule has 0 saturated carbocycles. The van der Waals surface area contributed by atoms with Crippen LogP contribution in [0.1, 0.15) is 324 Å². The maximum Gasteiger partial charge on any atom is 2.00 e. The minimum absolute atomic E-state index is 0. The number of carbonyl (C=O) groups excluding carboxylic acids is 2. The predicted molar refractivity (Wildman–Crippen MR) is 284 cm³/mol. The van der Waals surface area contributed by atoms with E-state index in [-0.39, 0.29) is 50.6 Å². The third-order valence-electron chi connectivity index (χ3n) is 14.0. The molecule has 0 aromatic carbocycles. The molecule has 0 aliphatic carbocycles. The molecule has 0 aliphatic heterocycles. The van der Waals surface area contributed by atoms with Crippen LogP contribution >= 0.6 is 0 Å². The van der Waals surface area contributed by atoms with Gasteiger partial charge in [-0.15, -0.1) is 0 Å². The zero-order valence-corrected chi connectivity index (χ0v) is 47.5. The van der Waals surface area contributed by atoms with E-state index < -0.39 is 11.9 Å². The van der Waals surface area contributed by atoms with Crippen molar-refractivity contribution in [3.8, 4) is 0 Å². The third kappa shape index (κ3) is 56.6. The van der Waals surface area contributed by atoms with Crippen LogP contribution in [-0.4, -0.2) is 97.7 Å². The standard InChI is InChI=1S/2C29H59NO2.Ca/c2*1-4-6-8-10-12-14-16-18-20-22-26-30(28(3)24-25-29(31)32)27-23-21-19-17-15-13-11-9-7-5-2;/h2*28H,4-27H2,1-3H3,(H,31,32);/q;;+2/p-2. The first kappa shape index (κ1) is 69.4. The van der Waals surface area contributed by atoms with Crippen LogP contribution in [0.5, 0.6) is 0 Å². The van der Waals surface area contributed by atoms with Crippen molar-refractivity contribution in [2.45, 2.75) is 336 Å². The van der Waals surface area contributed by atoms with Gasteiger partial charge >= 0.3 is 37.7 Å². The second-order valence-corrected chi connectivity index (χ2v) is 20.3. The van der Waals surface area contributed by atoms with Crippen molar-refractivity contribution in [1.29, 1.82) is 0 Å². The van der Waals surface area contributed by atoms with Gasteiger partial charge in [-0.05, 0) is 91.4 Å². The normalized spacial score (nSPS) is 12.3. The average molecular weight is 946 g/mol. The van der Waals surface area contributed by atoms with Crippen LogP contribution in [0, 0.1) is 0 Å². The van der Waals surface area contributed by atoms with Crippen molar-refractivity contribution in [2.24, 2.45) is 0 Å². The summed E-state index contributed by atoms with van der Waals surface area (Å²) in [4.78, 5) is 26.9. The summed E-state index contributed by atoms with van der Waals surface area (Å²) in [6.07, 6.45) is 56.4. The molecule has 0 rings (SSSR count). The van der Waals surface area contributed by atoms with E-state index in [1.807, 2.05) is 0 Å². The molecule has 65 heavy (non-hydrogen) atoms. The molecule has 0 saturated heterocycles. The first-order valence-corrected chi connectivity index (χ1v) is 29.1. The number of hydrogen-bond acceptors (Lipinski definition) is 6. The average Bonchev–Trinajstić information content (AvgIpc) is 3.28. The quantitative estimate of drug-likeness (QED) is 0.0446. The number of unbranched alkanes of at least 4 members (excludes halogenated alkanes) is 36. The van der Waals surface area contributed by atoms with Gasteiger partial charge < -0.3 is 29.6 Å². The van der Waals surface area contributed by atoms with E-state index in [4.69, 9.17) is 0 Å². The second-order valence-electron chi connectivity index (χ2n) is 20.3. The molecule has 7 heteroatoms. The van der Waals surface area contributed by atoms with Crippen molar-refractivity contribution in [1.82, 2.24) is 9.80 Å². The van der Waals surface area contributed by atoms with Crippen molar-refractivity contribution < 1.29 is 19.8 Å². The summed E-state index contributed by atoms with van der Waals surface area (Å²) in [7, 11) is 0. The van der Waals surface area contributed by atoms with E-state index in [1.165, 1.54) is 257 Å². The zero-order valence-electron chi connectivity index (χ0n) is 45.3. The molecule has 2 atom stereocenters. The van der Waals surface area contributed by atoms with Gasteiger partial charge in [0.15, 0.2) is 0 Å². The van der Waals surface area contributed by atoms with Gasteiger partial charge in [0.25, 0.3) is 0 Å². The molecule has 0 N–H and O–H groups in total. The molecule has 0 radical (unpaired) electrons. The number of nitrogens with zero attached hydrogens (tertiary/aromatic N) is 2. The van der Waals surface area contributed by atoms with Crippen molar-refractivity contribution >= 4 is 49.7 Å². The molecule has 6 nitrogen and oxygen atoms in total. The number of rotatable bonds is 52. The molecule has 2 unspecified atom stereocenters. The summed E-state index contributed by atoms with van der Waals surface area (Å²) in [6, 6.07) is 0.704. The Morgan fingerprint density at radius 2 is 0.462 bits per heavy atom. The SMILES string of the molecule is CCCCCCCCCCCCN(CCCCCCCCCCCC)C(C)CCC(=O)[O-].CCCCCCCCCCCCN(CCCCCCCCCCCC)C(C)CCC(=O)[O-].[Ca+2]. The van der Waals surface area contributed by atoms with Crippen LogP contribution in [0.4, 0.5) is 0 Å². The van der Waals surface area contributed by atoms with Gasteiger partial charge in [0.1, 0.15) is 0 Å². The van der Waals surface area contributed by atoms with Gasteiger partial charge in [-0.3, -0.25) is 0 Å². The number of carboxylic acids is 2. The zero-order chi connectivity index (χ0) is 47.4. The number of hydrogen-bond donors (Lipinski definition) is 0. The van der Waals surface area contributed by atoms with Gasteiger partial charge in [-0.1, -0.05) is 259 Å². The van der Waals surface area contributed by atoms with Gasteiger partial charge in [-0.2, -0.15) is 0 Å². The Labute approximate surface area is 438 Å². The molecular weight excluding hydrogens is 829 g/mol. The maximum absolute atomic E-state index is 10.9. The van der Waals surface area contributed by atoms with Crippen LogP contribution in [0.2, 0.25) is 0 Å². The fourth-order valence-electron chi connectivity index (χ4n) is 9.33. The van der Waals surface area contributed by atoms with Crippen molar-refractivity contribution in [3.63, 3.8) is 0 Å². The van der Waals surface area contributed by atoms with Gasteiger partial charge in [0.2, 0.25) is 0 Å². The summed E-state index contributed by atoms with van der Waals surface area (Å²) >= 11 is 0. The predicted octanol–water partition coefficient (Wildman–Crippen LogP) is 15.7. The molecule has 0 aromatic heterocycles. The largest absolute Gasteiger partial charge is 2.00 e. The smallest absolute Gasteiger partial charge is 0.550 e. The van der Waals surface area contributed by atoms with Crippen LogP contribution in [-0.2, 0) is 9.59 Å². The number of carboxylic acid groups (broad SMARTS) is 2. The molecular formula is C58H116CaN2O4. The Bertz CT molecular complexity index is 802. The number of aliphatic carboxylic acids is 2. The molecule has 0 amide bonds. The molecule has 0 bridgehead atoms. The van der Waals surface area contributed by atoms with Gasteiger partial charge in [-0.25, -0.2) is 0 Å². The van der Waals surface area contributed by atoms with Crippen LogP contribution in [0.25, 0.3) is 0 Å². The van der Waals surface area contributed by atoms with Gasteiger partial charge in [0, 0.05) is 24.0 Å². The van der Waals surface area contributed by atoms with E-state index in [9.17, 15) is 19.8 Å². The molecule has 0 spiro atoms.